The molecule has 3 N–H and O–H groups in total. The molecule has 0 aromatic heterocycles. The summed E-state index contributed by atoms with van der Waals surface area (Å²) in [4.78, 5) is 55.8. The number of benzene rings is 4. The van der Waals surface area contributed by atoms with Crippen LogP contribution < -0.4 is 10.6 Å². The third kappa shape index (κ3) is 20.0. The largest absolute Gasteiger partial charge is 0.462 e. The molecule has 4 aromatic carbocycles. The molecule has 0 saturated carbocycles. The Hall–Kier alpha value is -5.60. The van der Waals surface area contributed by atoms with Gasteiger partial charge in [0.15, 0.2) is 18.7 Å². The molecule has 448 valence electrons. The van der Waals surface area contributed by atoms with E-state index in [2.05, 4.69) is 38.3 Å². The average molecular weight is 1140 g/mol. The second-order valence-electron chi connectivity index (χ2n) is 23.1. The molecule has 3 saturated heterocycles. The molecule has 17 heteroatoms. The molecule has 17 nitrogen and oxygen atoms in total. The molecule has 7 rings (SSSR count). The maximum absolute atomic E-state index is 14.6. The smallest absolute Gasteiger partial charge is 0.308 e. The Labute approximate surface area is 484 Å². The maximum atomic E-state index is 14.6. The van der Waals surface area contributed by atoms with Crippen molar-refractivity contribution < 1.29 is 71.7 Å². The van der Waals surface area contributed by atoms with E-state index < -0.39 is 97.4 Å². The fraction of sp³-hybridized carbons (Fsp3) is 0.569. The van der Waals surface area contributed by atoms with Crippen LogP contribution in [0.5, 0.6) is 0 Å². The molecule has 0 bridgehead atoms. The first kappa shape index (κ1) is 64.0. The summed E-state index contributed by atoms with van der Waals surface area (Å²) in [6.07, 6.45) is -9.59. The first-order chi connectivity index (χ1) is 39.5. The third-order valence-electron chi connectivity index (χ3n) is 14.7. The van der Waals surface area contributed by atoms with Crippen molar-refractivity contribution in [3.05, 3.63) is 144 Å². The van der Waals surface area contributed by atoms with Crippen molar-refractivity contribution in [2.24, 2.45) is 17.8 Å². The van der Waals surface area contributed by atoms with Crippen molar-refractivity contribution >= 4 is 23.8 Å². The van der Waals surface area contributed by atoms with Crippen molar-refractivity contribution in [2.75, 3.05) is 13.2 Å². The van der Waals surface area contributed by atoms with Gasteiger partial charge in [0.1, 0.15) is 42.7 Å². The van der Waals surface area contributed by atoms with Gasteiger partial charge in [-0.2, -0.15) is 0 Å². The van der Waals surface area contributed by atoms with Crippen molar-refractivity contribution in [1.29, 1.82) is 0 Å². The van der Waals surface area contributed by atoms with Gasteiger partial charge in [0.2, 0.25) is 11.8 Å². The Kier molecular flexibility index (Phi) is 25.3. The number of carbonyl (C=O) groups is 4. The molecule has 3 aliphatic rings. The van der Waals surface area contributed by atoms with Gasteiger partial charge in [0.05, 0.1) is 76.7 Å². The molecule has 14 atom stereocenters. The minimum absolute atomic E-state index is 0.00636. The number of aliphatic hydroxyl groups excluding tert-OH is 1. The highest BCUT2D eigenvalue weighted by Gasteiger charge is 2.54. The molecule has 5 unspecified atom stereocenters. The lowest BCUT2D eigenvalue weighted by Crippen LogP contribution is -2.68. The molecule has 3 fully saturated rings. The summed E-state index contributed by atoms with van der Waals surface area (Å²) in [6, 6.07) is 36.2. The molecule has 3 aliphatic heterocycles. The standard InChI is InChI=1S/C65H88N2O15/c1-9-56(70)79-51(32-43(6)7)34-55(69)67-59-63(81-57(71)35-50(31-42(4)5)74-37-46-24-16-11-17-25-46)62-53(40-76-64(82-62)48-28-20-13-21-29-48)80-65(59)77-39-52-61(75-38-47-26-18-12-19-27-47)60(72)58(44(8)78-52)66-54(68)33-49(30-41(2)3)73-36-45-22-14-10-15-23-45/h10-29,41-44,49-53,58-65,72H,9,30-40H2,1-8H3,(H,66,68)(H,67,69)/t44-,49-,50-,51-,52?,53?,58?,59?,60-,61-,62-,63-,64?,65-/m1/s1. The SMILES string of the molecule is CCC(=O)O[C@@H](CC(=O)NC1[C@H](OCC2O[C@H](C)C(NC(=O)C[C@@H](CC(C)C)OCc3ccccc3)[C@@H](O)[C@@H]2OCc2ccccc2)OC2COC(c3ccccc3)O[C@H]2[C@@H]1OC(=O)C[C@@H](CC(C)C)OCc1ccccc1)CC(C)C. The lowest BCUT2D eigenvalue weighted by atomic mass is 9.92. The number of carbonyl (C=O) groups excluding carboxylic acids is 4. The summed E-state index contributed by atoms with van der Waals surface area (Å²) in [5.74, 6) is -1.36. The van der Waals surface area contributed by atoms with Gasteiger partial charge < -0.3 is 63.1 Å². The number of amides is 2. The third-order valence-corrected chi connectivity index (χ3v) is 14.7. The van der Waals surface area contributed by atoms with E-state index in [9.17, 15) is 24.3 Å². The van der Waals surface area contributed by atoms with Crippen molar-refractivity contribution in [3.63, 3.8) is 0 Å². The molecule has 0 radical (unpaired) electrons. The Morgan fingerprint density at radius 3 is 1.63 bits per heavy atom. The molecule has 4 aromatic rings. The quantitative estimate of drug-likeness (QED) is 0.0416. The van der Waals surface area contributed by atoms with E-state index in [1.165, 1.54) is 0 Å². The highest BCUT2D eigenvalue weighted by atomic mass is 16.8. The summed E-state index contributed by atoms with van der Waals surface area (Å²) in [6.45, 7) is 16.1. The molecule has 0 aliphatic carbocycles. The van der Waals surface area contributed by atoms with Crippen LogP contribution in [0.3, 0.4) is 0 Å². The molecule has 0 spiro atoms. The second-order valence-corrected chi connectivity index (χ2v) is 23.1. The molecular formula is C65H88N2O15. The van der Waals surface area contributed by atoms with Gasteiger partial charge in [-0.05, 0) is 60.6 Å². The van der Waals surface area contributed by atoms with Crippen LogP contribution in [-0.4, -0.2) is 121 Å². The number of fused-ring (bicyclic) bond motifs is 1. The number of hydrogen-bond donors (Lipinski definition) is 3. The fourth-order valence-corrected chi connectivity index (χ4v) is 10.7. The van der Waals surface area contributed by atoms with E-state index >= 15 is 0 Å². The number of nitrogens with one attached hydrogen (secondary N) is 2. The minimum Gasteiger partial charge on any atom is -0.462 e. The molecule has 82 heavy (non-hydrogen) atoms. The number of rotatable bonds is 30. The number of hydrogen-bond acceptors (Lipinski definition) is 15. The van der Waals surface area contributed by atoms with Crippen molar-refractivity contribution in [3.8, 4) is 0 Å². The summed E-state index contributed by atoms with van der Waals surface area (Å²) in [7, 11) is 0. The van der Waals surface area contributed by atoms with E-state index in [4.69, 9.17) is 47.4 Å². The number of esters is 2. The van der Waals surface area contributed by atoms with Gasteiger partial charge in [-0.25, -0.2) is 0 Å². The van der Waals surface area contributed by atoms with E-state index in [-0.39, 0.29) is 81.9 Å². The van der Waals surface area contributed by atoms with E-state index in [0.29, 0.717) is 25.9 Å². The van der Waals surface area contributed by atoms with Crippen LogP contribution in [-0.2, 0) is 86.4 Å². The van der Waals surface area contributed by atoms with Crippen LogP contribution in [0, 0.1) is 17.8 Å². The summed E-state index contributed by atoms with van der Waals surface area (Å²) >= 11 is 0. The maximum Gasteiger partial charge on any atom is 0.308 e. The molecule has 2 amide bonds. The van der Waals surface area contributed by atoms with Gasteiger partial charge in [-0.15, -0.1) is 0 Å². The van der Waals surface area contributed by atoms with E-state index in [1.807, 2.05) is 135 Å². The molecular weight excluding hydrogens is 1050 g/mol. The van der Waals surface area contributed by atoms with E-state index in [0.717, 1.165) is 22.3 Å². The van der Waals surface area contributed by atoms with Crippen LogP contribution in [0.1, 0.15) is 129 Å². The number of aliphatic hydroxyl groups is 1. The normalized spacial score (nSPS) is 25.6. The summed E-state index contributed by atoms with van der Waals surface area (Å²) < 4.78 is 64.8. The summed E-state index contributed by atoms with van der Waals surface area (Å²) in [5.41, 5.74) is 3.50. The Balaban J connectivity index is 1.17. The topological polar surface area (TPSA) is 205 Å². The van der Waals surface area contributed by atoms with Crippen molar-refractivity contribution in [1.82, 2.24) is 10.6 Å². The van der Waals surface area contributed by atoms with Gasteiger partial charge >= 0.3 is 11.9 Å². The van der Waals surface area contributed by atoms with Gasteiger partial charge in [-0.1, -0.05) is 170 Å². The summed E-state index contributed by atoms with van der Waals surface area (Å²) in [5, 5.41) is 18.5. The Morgan fingerprint density at radius 2 is 1.09 bits per heavy atom. The lowest BCUT2D eigenvalue weighted by Gasteiger charge is -2.49. The highest BCUT2D eigenvalue weighted by molar-refractivity contribution is 5.78. The zero-order valence-corrected chi connectivity index (χ0v) is 49.0. The van der Waals surface area contributed by atoms with Crippen LogP contribution in [0.15, 0.2) is 121 Å². The predicted molar refractivity (Wildman–Crippen MR) is 306 cm³/mol. The first-order valence-electron chi connectivity index (χ1n) is 29.4. The Bertz CT molecular complexity index is 2520. The average Bonchev–Trinajstić information content (AvgIpc) is 2.92. The van der Waals surface area contributed by atoms with Crippen molar-refractivity contribution in [2.45, 2.75) is 206 Å². The van der Waals surface area contributed by atoms with Crippen LogP contribution in [0.2, 0.25) is 0 Å². The number of ether oxygens (including phenoxy) is 10. The van der Waals surface area contributed by atoms with Gasteiger partial charge in [-0.3, -0.25) is 19.2 Å². The van der Waals surface area contributed by atoms with E-state index in [1.54, 1.807) is 13.8 Å². The molecule has 3 heterocycles. The fourth-order valence-electron chi connectivity index (χ4n) is 10.7. The van der Waals surface area contributed by atoms with Gasteiger partial charge in [0.25, 0.3) is 0 Å². The Morgan fingerprint density at radius 1 is 0.585 bits per heavy atom. The first-order valence-corrected chi connectivity index (χ1v) is 29.4. The highest BCUT2D eigenvalue weighted by Crippen LogP contribution is 2.37. The van der Waals surface area contributed by atoms with Crippen LogP contribution >= 0.6 is 0 Å². The minimum atomic E-state index is -1.34. The lowest BCUT2D eigenvalue weighted by molar-refractivity contribution is -0.349. The van der Waals surface area contributed by atoms with Gasteiger partial charge in [0, 0.05) is 12.0 Å². The zero-order chi connectivity index (χ0) is 58.5. The monoisotopic (exact) mass is 1140 g/mol. The van der Waals surface area contributed by atoms with Crippen LogP contribution in [0.25, 0.3) is 0 Å². The van der Waals surface area contributed by atoms with Crippen LogP contribution in [0.4, 0.5) is 0 Å². The second kappa shape index (κ2) is 32.5. The zero-order valence-electron chi connectivity index (χ0n) is 49.0. The predicted octanol–water partition coefficient (Wildman–Crippen LogP) is 9.26.